The summed E-state index contributed by atoms with van der Waals surface area (Å²) in [5.74, 6) is 0.745. The predicted molar refractivity (Wildman–Crippen MR) is 71.0 cm³/mol. The van der Waals surface area contributed by atoms with E-state index in [1.807, 2.05) is 30.3 Å². The SMILES string of the molecule is COc1ccc(C#N)cc1-c1ccccc1CN. The van der Waals surface area contributed by atoms with Crippen molar-refractivity contribution in [2.45, 2.75) is 6.54 Å². The molecule has 3 nitrogen and oxygen atoms in total. The third-order valence-electron chi connectivity index (χ3n) is 2.86. The van der Waals surface area contributed by atoms with Crippen molar-refractivity contribution in [3.8, 4) is 22.9 Å². The highest BCUT2D eigenvalue weighted by Crippen LogP contribution is 2.32. The third kappa shape index (κ3) is 2.20. The van der Waals surface area contributed by atoms with Crippen LogP contribution in [0.2, 0.25) is 0 Å². The molecule has 0 aliphatic carbocycles. The van der Waals surface area contributed by atoms with Gasteiger partial charge in [-0.2, -0.15) is 5.26 Å². The molecular weight excluding hydrogens is 224 g/mol. The fourth-order valence-electron chi connectivity index (χ4n) is 1.95. The lowest BCUT2D eigenvalue weighted by Crippen LogP contribution is -1.99. The van der Waals surface area contributed by atoms with Crippen LogP contribution >= 0.6 is 0 Å². The molecular formula is C15H14N2O. The van der Waals surface area contributed by atoms with Crippen molar-refractivity contribution in [3.05, 3.63) is 53.6 Å². The van der Waals surface area contributed by atoms with Crippen molar-refractivity contribution < 1.29 is 4.74 Å². The average Bonchev–Trinajstić information content (AvgIpc) is 2.46. The molecule has 0 atom stereocenters. The Labute approximate surface area is 106 Å². The highest BCUT2D eigenvalue weighted by atomic mass is 16.5. The summed E-state index contributed by atoms with van der Waals surface area (Å²) in [4.78, 5) is 0. The molecule has 0 radical (unpaired) electrons. The van der Waals surface area contributed by atoms with Gasteiger partial charge in [0, 0.05) is 12.1 Å². The minimum absolute atomic E-state index is 0.454. The molecule has 0 unspecified atom stereocenters. The molecule has 2 N–H and O–H groups in total. The highest BCUT2D eigenvalue weighted by Gasteiger charge is 2.10. The molecule has 0 aromatic heterocycles. The van der Waals surface area contributed by atoms with E-state index >= 15 is 0 Å². The van der Waals surface area contributed by atoms with Crippen LogP contribution in [0.25, 0.3) is 11.1 Å². The van der Waals surface area contributed by atoms with Crippen LogP contribution in [0.1, 0.15) is 11.1 Å². The number of benzene rings is 2. The number of ether oxygens (including phenoxy) is 1. The lowest BCUT2D eigenvalue weighted by Gasteiger charge is -2.12. The fraction of sp³-hybridized carbons (Fsp3) is 0.133. The number of hydrogen-bond acceptors (Lipinski definition) is 3. The first-order chi connectivity index (χ1) is 8.80. The lowest BCUT2D eigenvalue weighted by atomic mass is 9.97. The molecule has 0 saturated heterocycles. The van der Waals surface area contributed by atoms with Crippen LogP contribution in [-0.4, -0.2) is 7.11 Å². The summed E-state index contributed by atoms with van der Waals surface area (Å²) in [5.41, 5.74) is 9.30. The summed E-state index contributed by atoms with van der Waals surface area (Å²) < 4.78 is 5.35. The van der Waals surface area contributed by atoms with E-state index in [9.17, 15) is 0 Å². The van der Waals surface area contributed by atoms with Gasteiger partial charge in [0.25, 0.3) is 0 Å². The Hall–Kier alpha value is -2.31. The molecule has 0 heterocycles. The lowest BCUT2D eigenvalue weighted by molar-refractivity contribution is 0.416. The third-order valence-corrected chi connectivity index (χ3v) is 2.86. The Balaban J connectivity index is 2.65. The van der Waals surface area contributed by atoms with Gasteiger partial charge in [-0.05, 0) is 29.3 Å². The summed E-state index contributed by atoms with van der Waals surface area (Å²) in [6, 6.07) is 15.4. The number of nitrogens with zero attached hydrogens (tertiary/aromatic N) is 1. The zero-order valence-corrected chi connectivity index (χ0v) is 10.2. The molecule has 18 heavy (non-hydrogen) atoms. The van der Waals surface area contributed by atoms with Crippen LogP contribution in [-0.2, 0) is 6.54 Å². The van der Waals surface area contributed by atoms with E-state index in [0.29, 0.717) is 12.1 Å². The minimum Gasteiger partial charge on any atom is -0.496 e. The molecule has 3 heteroatoms. The monoisotopic (exact) mass is 238 g/mol. The van der Waals surface area contributed by atoms with Crippen LogP contribution in [0.4, 0.5) is 0 Å². The van der Waals surface area contributed by atoms with E-state index in [2.05, 4.69) is 6.07 Å². The van der Waals surface area contributed by atoms with Gasteiger partial charge >= 0.3 is 0 Å². The van der Waals surface area contributed by atoms with Crippen molar-refractivity contribution in [3.63, 3.8) is 0 Å². The summed E-state index contributed by atoms with van der Waals surface area (Å²) in [7, 11) is 1.62. The normalized spacial score (nSPS) is 9.83. The Bertz CT molecular complexity index is 600. The van der Waals surface area contributed by atoms with Gasteiger partial charge in [-0.25, -0.2) is 0 Å². The summed E-state index contributed by atoms with van der Waals surface area (Å²) in [5, 5.41) is 8.98. The largest absolute Gasteiger partial charge is 0.496 e. The van der Waals surface area contributed by atoms with Crippen LogP contribution in [0.15, 0.2) is 42.5 Å². The number of nitriles is 1. The Morgan fingerprint density at radius 3 is 2.61 bits per heavy atom. The summed E-state index contributed by atoms with van der Waals surface area (Å²) >= 11 is 0. The molecule has 2 aromatic rings. The molecule has 0 aliphatic heterocycles. The number of nitrogens with two attached hydrogens (primary N) is 1. The molecule has 2 aromatic carbocycles. The zero-order valence-electron chi connectivity index (χ0n) is 10.2. The summed E-state index contributed by atoms with van der Waals surface area (Å²) in [6.45, 7) is 0.454. The molecule has 0 saturated carbocycles. The second-order valence-electron chi connectivity index (χ2n) is 3.89. The van der Waals surface area contributed by atoms with Gasteiger partial charge in [0.1, 0.15) is 5.75 Å². The first-order valence-corrected chi connectivity index (χ1v) is 5.66. The maximum Gasteiger partial charge on any atom is 0.126 e. The average molecular weight is 238 g/mol. The molecule has 0 bridgehead atoms. The maximum absolute atomic E-state index is 8.98. The predicted octanol–water partition coefficient (Wildman–Crippen LogP) is 2.69. The van der Waals surface area contributed by atoms with Gasteiger partial charge < -0.3 is 10.5 Å². The second-order valence-corrected chi connectivity index (χ2v) is 3.89. The van der Waals surface area contributed by atoms with Gasteiger partial charge in [0.15, 0.2) is 0 Å². The van der Waals surface area contributed by atoms with Crippen LogP contribution < -0.4 is 10.5 Å². The minimum atomic E-state index is 0.454. The van der Waals surface area contributed by atoms with Gasteiger partial charge in [0.2, 0.25) is 0 Å². The molecule has 90 valence electrons. The van der Waals surface area contributed by atoms with Gasteiger partial charge in [-0.15, -0.1) is 0 Å². The smallest absolute Gasteiger partial charge is 0.126 e. The molecule has 0 aliphatic rings. The second kappa shape index (κ2) is 5.35. The van der Waals surface area contributed by atoms with Crippen molar-refractivity contribution in [1.29, 1.82) is 5.26 Å². The van der Waals surface area contributed by atoms with Crippen molar-refractivity contribution in [1.82, 2.24) is 0 Å². The van der Waals surface area contributed by atoms with Crippen LogP contribution in [0.3, 0.4) is 0 Å². The van der Waals surface area contributed by atoms with Gasteiger partial charge in [-0.1, -0.05) is 24.3 Å². The van der Waals surface area contributed by atoms with Crippen molar-refractivity contribution in [2.75, 3.05) is 7.11 Å². The topological polar surface area (TPSA) is 59.0 Å². The van der Waals surface area contributed by atoms with E-state index in [0.717, 1.165) is 22.4 Å². The molecule has 2 rings (SSSR count). The Morgan fingerprint density at radius 2 is 1.94 bits per heavy atom. The fourth-order valence-corrected chi connectivity index (χ4v) is 1.95. The Morgan fingerprint density at radius 1 is 1.17 bits per heavy atom. The summed E-state index contributed by atoms with van der Waals surface area (Å²) in [6.07, 6.45) is 0. The highest BCUT2D eigenvalue weighted by molar-refractivity contribution is 5.74. The zero-order chi connectivity index (χ0) is 13.0. The number of rotatable bonds is 3. The number of hydrogen-bond donors (Lipinski definition) is 1. The van der Waals surface area contributed by atoms with E-state index in [1.54, 1.807) is 19.2 Å². The van der Waals surface area contributed by atoms with Crippen molar-refractivity contribution in [2.24, 2.45) is 5.73 Å². The van der Waals surface area contributed by atoms with Gasteiger partial charge in [-0.3, -0.25) is 0 Å². The van der Waals surface area contributed by atoms with Crippen LogP contribution in [0.5, 0.6) is 5.75 Å². The molecule has 0 spiro atoms. The molecule has 0 amide bonds. The van der Waals surface area contributed by atoms with Crippen molar-refractivity contribution >= 4 is 0 Å². The standard InChI is InChI=1S/C15H14N2O/c1-18-15-7-6-11(9-16)8-14(15)13-5-3-2-4-12(13)10-17/h2-8H,10,17H2,1H3. The van der Waals surface area contributed by atoms with E-state index in [-0.39, 0.29) is 0 Å². The quantitative estimate of drug-likeness (QED) is 0.894. The van der Waals surface area contributed by atoms with Gasteiger partial charge in [0.05, 0.1) is 18.7 Å². The van der Waals surface area contributed by atoms with E-state index in [1.165, 1.54) is 0 Å². The van der Waals surface area contributed by atoms with E-state index < -0.39 is 0 Å². The first-order valence-electron chi connectivity index (χ1n) is 5.66. The van der Waals surface area contributed by atoms with Crippen LogP contribution in [0, 0.1) is 11.3 Å². The molecule has 0 fully saturated rings. The Kier molecular flexibility index (Phi) is 3.61. The van der Waals surface area contributed by atoms with E-state index in [4.69, 9.17) is 15.7 Å². The maximum atomic E-state index is 8.98. The first kappa shape index (κ1) is 12.2. The number of methoxy groups -OCH3 is 1.